The number of methoxy groups -OCH3 is 2. The van der Waals surface area contributed by atoms with Gasteiger partial charge in [-0.05, 0) is 49.2 Å². The average molecular weight is 475 g/mol. The van der Waals surface area contributed by atoms with Crippen molar-refractivity contribution >= 4 is 17.5 Å². The minimum Gasteiger partial charge on any atom is -0.496 e. The number of nitrogens with one attached hydrogen (secondary N) is 1. The van der Waals surface area contributed by atoms with Gasteiger partial charge in [-0.15, -0.1) is 0 Å². The minimum atomic E-state index is -0.618. The van der Waals surface area contributed by atoms with Crippen molar-refractivity contribution in [2.24, 2.45) is 0 Å². The number of hydrogen-bond donors (Lipinski definition) is 1. The molecule has 0 radical (unpaired) electrons. The molecule has 0 saturated carbocycles. The van der Waals surface area contributed by atoms with Crippen LogP contribution in [0, 0.1) is 0 Å². The Morgan fingerprint density at radius 1 is 1.06 bits per heavy atom. The number of carbonyl (C=O) groups is 2. The molecular formula is C28H30N2O5. The zero-order valence-electron chi connectivity index (χ0n) is 20.4. The van der Waals surface area contributed by atoms with Crippen molar-refractivity contribution in [1.82, 2.24) is 4.90 Å². The van der Waals surface area contributed by atoms with E-state index in [1.165, 1.54) is 14.2 Å². The van der Waals surface area contributed by atoms with Crippen LogP contribution >= 0.6 is 0 Å². The molecule has 0 saturated heterocycles. The Kier molecular flexibility index (Phi) is 7.25. The lowest BCUT2D eigenvalue weighted by molar-refractivity contribution is -0.140. The van der Waals surface area contributed by atoms with Gasteiger partial charge in [0.25, 0.3) is 11.8 Å². The fraction of sp³-hybridized carbons (Fsp3) is 0.286. The molecule has 4 rings (SSSR count). The fourth-order valence-electron chi connectivity index (χ4n) is 4.48. The maximum atomic E-state index is 13.3. The van der Waals surface area contributed by atoms with Crippen LogP contribution in [0.5, 0.6) is 17.2 Å². The average Bonchev–Trinajstić information content (AvgIpc) is 3.00. The second-order valence-electron chi connectivity index (χ2n) is 8.38. The Labute approximate surface area is 205 Å². The van der Waals surface area contributed by atoms with E-state index in [0.717, 1.165) is 17.5 Å². The molecule has 0 aromatic heterocycles. The van der Waals surface area contributed by atoms with E-state index in [9.17, 15) is 9.59 Å². The zero-order valence-corrected chi connectivity index (χ0v) is 20.4. The van der Waals surface area contributed by atoms with Crippen LogP contribution in [0.1, 0.15) is 47.8 Å². The molecule has 35 heavy (non-hydrogen) atoms. The van der Waals surface area contributed by atoms with Gasteiger partial charge < -0.3 is 24.4 Å². The summed E-state index contributed by atoms with van der Waals surface area (Å²) in [5, 5.41) is 2.93. The molecule has 2 amide bonds. The van der Waals surface area contributed by atoms with Crippen molar-refractivity contribution in [3.63, 3.8) is 0 Å². The number of carbonyl (C=O) groups excluding carboxylic acids is 2. The van der Waals surface area contributed by atoms with Crippen LogP contribution in [0.2, 0.25) is 0 Å². The van der Waals surface area contributed by atoms with Gasteiger partial charge in [0.1, 0.15) is 22.8 Å². The number of anilines is 1. The highest BCUT2D eigenvalue weighted by atomic mass is 16.5. The van der Waals surface area contributed by atoms with E-state index in [4.69, 9.17) is 14.2 Å². The quantitative estimate of drug-likeness (QED) is 0.508. The smallest absolute Gasteiger partial charge is 0.264 e. The van der Waals surface area contributed by atoms with E-state index in [-0.39, 0.29) is 17.9 Å². The van der Waals surface area contributed by atoms with Crippen molar-refractivity contribution < 1.29 is 23.8 Å². The predicted molar refractivity (Wildman–Crippen MR) is 134 cm³/mol. The van der Waals surface area contributed by atoms with Gasteiger partial charge in [0.2, 0.25) is 0 Å². The second-order valence-corrected chi connectivity index (χ2v) is 8.38. The van der Waals surface area contributed by atoms with Crippen molar-refractivity contribution in [2.75, 3.05) is 19.5 Å². The van der Waals surface area contributed by atoms with E-state index in [1.807, 2.05) is 41.3 Å². The Bertz CT molecular complexity index is 1190. The molecule has 3 aromatic carbocycles. The molecular weight excluding hydrogens is 444 g/mol. The summed E-state index contributed by atoms with van der Waals surface area (Å²) in [4.78, 5) is 28.3. The Balaban J connectivity index is 1.65. The SMILES string of the molecule is CCC(c1ccccc1)N1Cc2cc(NC(=O)c3c(OC)cccc3OC)ccc2OC(C)C1=O. The van der Waals surface area contributed by atoms with Crippen molar-refractivity contribution in [1.29, 1.82) is 0 Å². The number of benzene rings is 3. The van der Waals surface area contributed by atoms with Crippen LogP contribution in [0.25, 0.3) is 0 Å². The van der Waals surface area contributed by atoms with Crippen molar-refractivity contribution in [3.05, 3.63) is 83.4 Å². The van der Waals surface area contributed by atoms with Crippen LogP contribution < -0.4 is 19.5 Å². The van der Waals surface area contributed by atoms with Crippen molar-refractivity contribution in [2.45, 2.75) is 39.0 Å². The van der Waals surface area contributed by atoms with Crippen LogP contribution in [-0.2, 0) is 11.3 Å². The number of amides is 2. The normalized spacial score (nSPS) is 15.9. The zero-order chi connectivity index (χ0) is 24.9. The molecule has 3 aromatic rings. The van der Waals surface area contributed by atoms with Gasteiger partial charge >= 0.3 is 0 Å². The third-order valence-electron chi connectivity index (χ3n) is 6.20. The molecule has 1 aliphatic heterocycles. The number of rotatable bonds is 7. The molecule has 1 N–H and O–H groups in total. The van der Waals surface area contributed by atoms with E-state index < -0.39 is 6.10 Å². The van der Waals surface area contributed by atoms with Crippen LogP contribution in [0.3, 0.4) is 0 Å². The molecule has 7 heteroatoms. The third kappa shape index (κ3) is 4.94. The van der Waals surface area contributed by atoms with Crippen LogP contribution in [0.4, 0.5) is 5.69 Å². The summed E-state index contributed by atoms with van der Waals surface area (Å²) >= 11 is 0. The largest absolute Gasteiger partial charge is 0.496 e. The van der Waals surface area contributed by atoms with Crippen LogP contribution in [-0.4, -0.2) is 37.0 Å². The summed E-state index contributed by atoms with van der Waals surface area (Å²) < 4.78 is 16.7. The first-order chi connectivity index (χ1) is 17.0. The topological polar surface area (TPSA) is 77.1 Å². The highest BCUT2D eigenvalue weighted by Crippen LogP contribution is 2.35. The number of ether oxygens (including phenoxy) is 3. The monoisotopic (exact) mass is 474 g/mol. The fourth-order valence-corrected chi connectivity index (χ4v) is 4.48. The molecule has 0 fully saturated rings. The molecule has 2 atom stereocenters. The first-order valence-corrected chi connectivity index (χ1v) is 11.6. The standard InChI is InChI=1S/C28H30N2O5/c1-5-22(19-10-7-6-8-11-19)30-17-20-16-21(14-15-23(20)35-18(2)28(30)32)29-27(31)26-24(33-3)12-9-13-25(26)34-4/h6-16,18,22H,5,17H2,1-4H3,(H,29,31). The highest BCUT2D eigenvalue weighted by Gasteiger charge is 2.33. The molecule has 0 bridgehead atoms. The summed E-state index contributed by atoms with van der Waals surface area (Å²) in [6, 6.07) is 20.5. The highest BCUT2D eigenvalue weighted by molar-refractivity contribution is 6.08. The molecule has 7 nitrogen and oxygen atoms in total. The lowest BCUT2D eigenvalue weighted by Gasteiger charge is -2.31. The van der Waals surface area contributed by atoms with E-state index in [2.05, 4.69) is 12.2 Å². The van der Waals surface area contributed by atoms with Gasteiger partial charge in [-0.1, -0.05) is 43.3 Å². The second kappa shape index (κ2) is 10.5. The van der Waals surface area contributed by atoms with Gasteiger partial charge in [0, 0.05) is 11.3 Å². The van der Waals surface area contributed by atoms with Gasteiger partial charge in [0.15, 0.2) is 6.10 Å². The number of fused-ring (bicyclic) bond motifs is 1. The van der Waals surface area contributed by atoms with E-state index in [0.29, 0.717) is 35.0 Å². The molecule has 0 spiro atoms. The minimum absolute atomic E-state index is 0.0683. The first kappa shape index (κ1) is 24.1. The maximum Gasteiger partial charge on any atom is 0.264 e. The van der Waals surface area contributed by atoms with E-state index in [1.54, 1.807) is 37.3 Å². The lowest BCUT2D eigenvalue weighted by atomic mass is 10.0. The third-order valence-corrected chi connectivity index (χ3v) is 6.20. The molecule has 182 valence electrons. The summed E-state index contributed by atoms with van der Waals surface area (Å²) in [6.45, 7) is 4.21. The molecule has 2 unspecified atom stereocenters. The summed E-state index contributed by atoms with van der Waals surface area (Å²) in [7, 11) is 3.02. The molecule has 0 aliphatic carbocycles. The maximum absolute atomic E-state index is 13.3. The number of nitrogens with zero attached hydrogens (tertiary/aromatic N) is 1. The summed E-state index contributed by atoms with van der Waals surface area (Å²) in [5.74, 6) is 1.04. The Morgan fingerprint density at radius 3 is 2.37 bits per heavy atom. The number of hydrogen-bond acceptors (Lipinski definition) is 5. The van der Waals surface area contributed by atoms with Crippen LogP contribution in [0.15, 0.2) is 66.7 Å². The van der Waals surface area contributed by atoms with Gasteiger partial charge in [-0.25, -0.2) is 0 Å². The van der Waals surface area contributed by atoms with Gasteiger partial charge in [-0.3, -0.25) is 9.59 Å². The predicted octanol–water partition coefficient (Wildman–Crippen LogP) is 5.22. The Hall–Kier alpha value is -4.00. The molecule has 1 aliphatic rings. The molecule has 1 heterocycles. The summed E-state index contributed by atoms with van der Waals surface area (Å²) in [5.41, 5.74) is 2.79. The van der Waals surface area contributed by atoms with E-state index >= 15 is 0 Å². The van der Waals surface area contributed by atoms with Gasteiger partial charge in [-0.2, -0.15) is 0 Å². The van der Waals surface area contributed by atoms with Gasteiger partial charge in [0.05, 0.1) is 26.8 Å². The first-order valence-electron chi connectivity index (χ1n) is 11.6. The van der Waals surface area contributed by atoms with Crippen molar-refractivity contribution in [3.8, 4) is 17.2 Å². The summed E-state index contributed by atoms with van der Waals surface area (Å²) in [6.07, 6.45) is 0.147. The lowest BCUT2D eigenvalue weighted by Crippen LogP contribution is -2.40. The Morgan fingerprint density at radius 2 is 1.74 bits per heavy atom.